The molecule has 0 aliphatic carbocycles. The zero-order chi connectivity index (χ0) is 14.5. The van der Waals surface area contributed by atoms with E-state index in [1.807, 2.05) is 0 Å². The molecule has 106 valence electrons. The molecule has 0 spiro atoms. The van der Waals surface area contributed by atoms with Crippen molar-refractivity contribution in [3.63, 3.8) is 0 Å². The number of benzene rings is 1. The third kappa shape index (κ3) is 5.16. The normalized spacial score (nSPS) is 11.3. The van der Waals surface area contributed by atoms with Gasteiger partial charge in [0.1, 0.15) is 5.82 Å². The molecule has 1 rings (SSSR count). The molecule has 19 heavy (non-hydrogen) atoms. The highest BCUT2D eigenvalue weighted by Crippen LogP contribution is 2.20. The van der Waals surface area contributed by atoms with Crippen LogP contribution in [-0.4, -0.2) is 26.5 Å². The Hall–Kier alpha value is -1.14. The van der Waals surface area contributed by atoms with Gasteiger partial charge in [-0.25, -0.2) is 12.8 Å². The summed E-state index contributed by atoms with van der Waals surface area (Å²) in [5.41, 5.74) is -0.126. The van der Waals surface area contributed by atoms with Crippen LogP contribution >= 0.6 is 11.6 Å². The maximum absolute atomic E-state index is 13.5. The Labute approximate surface area is 116 Å². The standard InChI is InChI=1S/C12H15ClFNO3S/c1-19(17,18)9-5-6-10(14)11(8-9)15-12(16)4-2-3-7-13/h5-6,8H,2-4,7H2,1H3,(H,15,16). The number of nitrogens with one attached hydrogen (secondary N) is 1. The Bertz CT molecular complexity index is 560. The molecule has 0 aliphatic heterocycles. The third-order valence-corrected chi connectivity index (χ3v) is 3.81. The molecule has 0 aliphatic rings. The number of hydrogen-bond acceptors (Lipinski definition) is 3. The SMILES string of the molecule is CS(=O)(=O)c1ccc(F)c(NC(=O)CCCCCl)c1. The minimum Gasteiger partial charge on any atom is -0.324 e. The smallest absolute Gasteiger partial charge is 0.224 e. The Kier molecular flexibility index (Phi) is 5.75. The van der Waals surface area contributed by atoms with Gasteiger partial charge in [0, 0.05) is 18.6 Å². The van der Waals surface area contributed by atoms with Gasteiger partial charge in [-0.05, 0) is 31.0 Å². The van der Waals surface area contributed by atoms with E-state index in [1.165, 1.54) is 0 Å². The first-order chi connectivity index (χ1) is 8.84. The van der Waals surface area contributed by atoms with Crippen LogP contribution in [0.1, 0.15) is 19.3 Å². The molecular weight excluding hydrogens is 293 g/mol. The van der Waals surface area contributed by atoms with Crippen molar-refractivity contribution >= 4 is 33.0 Å². The van der Waals surface area contributed by atoms with Crippen LogP contribution in [0.15, 0.2) is 23.1 Å². The summed E-state index contributed by atoms with van der Waals surface area (Å²) in [6.45, 7) is 0. The monoisotopic (exact) mass is 307 g/mol. The van der Waals surface area contributed by atoms with Crippen LogP contribution in [0.2, 0.25) is 0 Å². The summed E-state index contributed by atoms with van der Waals surface area (Å²) in [6, 6.07) is 3.29. The second-order valence-electron chi connectivity index (χ2n) is 4.11. The van der Waals surface area contributed by atoms with Crippen molar-refractivity contribution in [1.29, 1.82) is 0 Å². The number of alkyl halides is 1. The van der Waals surface area contributed by atoms with Gasteiger partial charge in [0.15, 0.2) is 9.84 Å². The van der Waals surface area contributed by atoms with Gasteiger partial charge in [0.2, 0.25) is 5.91 Å². The van der Waals surface area contributed by atoms with Crippen molar-refractivity contribution in [2.45, 2.75) is 24.2 Å². The topological polar surface area (TPSA) is 63.2 Å². The van der Waals surface area contributed by atoms with Crippen LogP contribution in [0.4, 0.5) is 10.1 Å². The zero-order valence-electron chi connectivity index (χ0n) is 10.4. The van der Waals surface area contributed by atoms with E-state index in [1.54, 1.807) is 0 Å². The summed E-state index contributed by atoms with van der Waals surface area (Å²) < 4.78 is 36.2. The predicted octanol–water partition coefficient (Wildman–Crippen LogP) is 2.58. The highest BCUT2D eigenvalue weighted by Gasteiger charge is 2.12. The van der Waals surface area contributed by atoms with Crippen molar-refractivity contribution in [3.05, 3.63) is 24.0 Å². The molecule has 0 aromatic heterocycles. The van der Waals surface area contributed by atoms with E-state index in [-0.39, 0.29) is 22.9 Å². The molecular formula is C12H15ClFNO3S. The molecule has 1 aromatic rings. The van der Waals surface area contributed by atoms with E-state index in [2.05, 4.69) is 5.32 Å². The van der Waals surface area contributed by atoms with Gasteiger partial charge < -0.3 is 5.32 Å². The quantitative estimate of drug-likeness (QED) is 0.499. The fraction of sp³-hybridized carbons (Fsp3) is 0.417. The molecule has 1 aromatic carbocycles. The van der Waals surface area contributed by atoms with Crippen LogP contribution in [-0.2, 0) is 14.6 Å². The van der Waals surface area contributed by atoms with Gasteiger partial charge in [-0.1, -0.05) is 0 Å². The second kappa shape index (κ2) is 6.86. The minimum absolute atomic E-state index is 0.0371. The van der Waals surface area contributed by atoms with Gasteiger partial charge in [-0.2, -0.15) is 0 Å². The fourth-order valence-electron chi connectivity index (χ4n) is 1.42. The summed E-state index contributed by atoms with van der Waals surface area (Å²) in [5.74, 6) is -0.571. The van der Waals surface area contributed by atoms with E-state index in [9.17, 15) is 17.6 Å². The number of unbranched alkanes of at least 4 members (excludes halogenated alkanes) is 1. The summed E-state index contributed by atoms with van der Waals surface area (Å²) >= 11 is 5.48. The van der Waals surface area contributed by atoms with Gasteiger partial charge >= 0.3 is 0 Å². The van der Waals surface area contributed by atoms with Gasteiger partial charge in [-0.3, -0.25) is 4.79 Å². The maximum Gasteiger partial charge on any atom is 0.224 e. The van der Waals surface area contributed by atoms with E-state index in [0.29, 0.717) is 18.7 Å². The van der Waals surface area contributed by atoms with Crippen LogP contribution in [0.3, 0.4) is 0 Å². The zero-order valence-corrected chi connectivity index (χ0v) is 12.0. The lowest BCUT2D eigenvalue weighted by molar-refractivity contribution is -0.116. The number of carbonyl (C=O) groups is 1. The van der Waals surface area contributed by atoms with Crippen LogP contribution < -0.4 is 5.32 Å². The number of halogens is 2. The molecule has 0 unspecified atom stereocenters. The Morgan fingerprint density at radius 2 is 2.05 bits per heavy atom. The number of anilines is 1. The first-order valence-electron chi connectivity index (χ1n) is 5.70. The van der Waals surface area contributed by atoms with Gasteiger partial charge in [0.05, 0.1) is 10.6 Å². The van der Waals surface area contributed by atoms with Crippen LogP contribution in [0, 0.1) is 5.82 Å². The summed E-state index contributed by atoms with van der Waals surface area (Å²) in [4.78, 5) is 11.5. The Morgan fingerprint density at radius 1 is 1.37 bits per heavy atom. The minimum atomic E-state index is -3.43. The lowest BCUT2D eigenvalue weighted by atomic mass is 10.2. The predicted molar refractivity (Wildman–Crippen MR) is 72.7 cm³/mol. The van der Waals surface area contributed by atoms with Gasteiger partial charge in [0.25, 0.3) is 0 Å². The van der Waals surface area contributed by atoms with E-state index in [4.69, 9.17) is 11.6 Å². The lowest BCUT2D eigenvalue weighted by Gasteiger charge is -2.08. The van der Waals surface area contributed by atoms with Gasteiger partial charge in [-0.15, -0.1) is 11.6 Å². The molecule has 0 radical (unpaired) electrons. The molecule has 0 atom stereocenters. The van der Waals surface area contributed by atoms with E-state index >= 15 is 0 Å². The van der Waals surface area contributed by atoms with Crippen molar-refractivity contribution < 1.29 is 17.6 Å². The number of hydrogen-bond donors (Lipinski definition) is 1. The average Bonchev–Trinajstić information content (AvgIpc) is 2.31. The number of rotatable bonds is 6. The molecule has 0 fully saturated rings. The largest absolute Gasteiger partial charge is 0.324 e. The number of carbonyl (C=O) groups excluding carboxylic acids is 1. The van der Waals surface area contributed by atoms with Crippen molar-refractivity contribution in [2.24, 2.45) is 0 Å². The highest BCUT2D eigenvalue weighted by atomic mass is 35.5. The Morgan fingerprint density at radius 3 is 2.63 bits per heavy atom. The second-order valence-corrected chi connectivity index (χ2v) is 6.50. The van der Waals surface area contributed by atoms with Crippen molar-refractivity contribution in [3.8, 4) is 0 Å². The number of sulfone groups is 1. The molecule has 1 N–H and O–H groups in total. The average molecular weight is 308 g/mol. The molecule has 0 bridgehead atoms. The molecule has 4 nitrogen and oxygen atoms in total. The van der Waals surface area contributed by atoms with E-state index in [0.717, 1.165) is 24.5 Å². The first kappa shape index (κ1) is 15.9. The van der Waals surface area contributed by atoms with Crippen LogP contribution in [0.5, 0.6) is 0 Å². The fourth-order valence-corrected chi connectivity index (χ4v) is 2.26. The third-order valence-electron chi connectivity index (χ3n) is 2.43. The highest BCUT2D eigenvalue weighted by molar-refractivity contribution is 7.90. The van der Waals surface area contributed by atoms with Crippen molar-refractivity contribution in [2.75, 3.05) is 17.5 Å². The molecule has 7 heteroatoms. The molecule has 0 saturated heterocycles. The Balaban J connectivity index is 2.80. The van der Waals surface area contributed by atoms with Crippen molar-refractivity contribution in [1.82, 2.24) is 0 Å². The summed E-state index contributed by atoms with van der Waals surface area (Å²) in [6.07, 6.45) is 2.53. The van der Waals surface area contributed by atoms with Crippen LogP contribution in [0.25, 0.3) is 0 Å². The first-order valence-corrected chi connectivity index (χ1v) is 8.12. The molecule has 0 saturated carbocycles. The molecule has 1 amide bonds. The number of amides is 1. The maximum atomic E-state index is 13.5. The summed E-state index contributed by atoms with van der Waals surface area (Å²) in [5, 5.41) is 2.36. The molecule has 0 heterocycles. The van der Waals surface area contributed by atoms with E-state index < -0.39 is 15.7 Å². The lowest BCUT2D eigenvalue weighted by Crippen LogP contribution is -2.13. The summed E-state index contributed by atoms with van der Waals surface area (Å²) in [7, 11) is -3.43.